The summed E-state index contributed by atoms with van der Waals surface area (Å²) in [5.41, 5.74) is 4.01. The van der Waals surface area contributed by atoms with Crippen molar-refractivity contribution in [3.63, 3.8) is 0 Å². The molecule has 0 N–H and O–H groups in total. The number of hydrogen-bond donors (Lipinski definition) is 0. The van der Waals surface area contributed by atoms with Crippen LogP contribution in [0.25, 0.3) is 0 Å². The fourth-order valence-electron chi connectivity index (χ4n) is 2.25. The molecule has 0 radical (unpaired) electrons. The van der Waals surface area contributed by atoms with Crippen LogP contribution in [0, 0.1) is 13.8 Å². The van der Waals surface area contributed by atoms with Crippen molar-refractivity contribution >= 4 is 31.5 Å². The van der Waals surface area contributed by atoms with Crippen LogP contribution in [0.2, 0.25) is 0 Å². The first-order valence-corrected chi connectivity index (χ1v) is 7.84. The van der Waals surface area contributed by atoms with E-state index in [1.807, 2.05) is 0 Å². The molecule has 0 saturated carbocycles. The minimum absolute atomic E-state index is 0.401. The zero-order valence-corrected chi connectivity index (χ0v) is 12.5. The van der Waals surface area contributed by atoms with Gasteiger partial charge in [-0.15, -0.1) is 11.6 Å². The SMILES string of the molecule is Cc1cc(C)cc([SiH2]c2ccccc2CCl)c1. The topological polar surface area (TPSA) is 0 Å². The van der Waals surface area contributed by atoms with E-state index in [-0.39, 0.29) is 0 Å². The number of alkyl halides is 1. The molecule has 0 atom stereocenters. The van der Waals surface area contributed by atoms with Crippen molar-refractivity contribution in [2.24, 2.45) is 0 Å². The number of rotatable bonds is 3. The smallest absolute Gasteiger partial charge is 0.0879 e. The Morgan fingerprint density at radius 1 is 1.00 bits per heavy atom. The second-order valence-electron chi connectivity index (χ2n) is 4.58. The lowest BCUT2D eigenvalue weighted by atomic mass is 10.2. The third-order valence-corrected chi connectivity index (χ3v) is 5.11. The largest absolute Gasteiger partial charge is 0.122 e. The van der Waals surface area contributed by atoms with Gasteiger partial charge in [0.25, 0.3) is 0 Å². The van der Waals surface area contributed by atoms with Crippen molar-refractivity contribution in [2.75, 3.05) is 0 Å². The standard InChI is InChI=1S/C15H17ClSi/c1-11-7-12(2)9-14(8-11)17-15-6-4-3-5-13(15)10-16/h3-9H,10,17H2,1-2H3. The van der Waals surface area contributed by atoms with Crippen LogP contribution in [0.15, 0.2) is 42.5 Å². The number of benzene rings is 2. The lowest BCUT2D eigenvalue weighted by molar-refractivity contribution is 1.40. The van der Waals surface area contributed by atoms with Gasteiger partial charge in [0.2, 0.25) is 0 Å². The third-order valence-electron chi connectivity index (χ3n) is 2.94. The number of halogens is 1. The van der Waals surface area contributed by atoms with Crippen molar-refractivity contribution in [3.8, 4) is 0 Å². The summed E-state index contributed by atoms with van der Waals surface area (Å²) < 4.78 is 0. The van der Waals surface area contributed by atoms with Crippen molar-refractivity contribution in [3.05, 3.63) is 59.2 Å². The molecule has 0 heterocycles. The maximum Gasteiger partial charge on any atom is 0.0879 e. The van der Waals surface area contributed by atoms with Crippen molar-refractivity contribution in [2.45, 2.75) is 19.7 Å². The van der Waals surface area contributed by atoms with E-state index in [0.717, 1.165) is 0 Å². The van der Waals surface area contributed by atoms with E-state index in [1.165, 1.54) is 27.1 Å². The maximum atomic E-state index is 5.98. The zero-order valence-electron chi connectivity index (χ0n) is 10.3. The summed E-state index contributed by atoms with van der Waals surface area (Å²) >= 11 is 5.98. The molecule has 2 rings (SSSR count). The lowest BCUT2D eigenvalue weighted by Gasteiger charge is -2.08. The van der Waals surface area contributed by atoms with Gasteiger partial charge in [0.1, 0.15) is 0 Å². The quantitative estimate of drug-likeness (QED) is 0.586. The molecular weight excluding hydrogens is 244 g/mol. The summed E-state index contributed by atoms with van der Waals surface area (Å²) in [5, 5.41) is 2.97. The summed E-state index contributed by atoms with van der Waals surface area (Å²) in [5.74, 6) is 0.619. The molecule has 2 aromatic rings. The molecule has 88 valence electrons. The molecule has 0 bridgehead atoms. The second-order valence-corrected chi connectivity index (χ2v) is 6.77. The highest BCUT2D eigenvalue weighted by atomic mass is 35.5. The van der Waals surface area contributed by atoms with E-state index in [2.05, 4.69) is 56.3 Å². The Bertz CT molecular complexity index is 500. The summed E-state index contributed by atoms with van der Waals surface area (Å²) in [6, 6.07) is 15.4. The first-order chi connectivity index (χ1) is 8.19. The molecular formula is C15H17ClSi. The van der Waals surface area contributed by atoms with E-state index in [4.69, 9.17) is 11.6 Å². The lowest BCUT2D eigenvalue weighted by Crippen LogP contribution is -2.29. The molecule has 0 saturated heterocycles. The Hall–Kier alpha value is -1.05. The van der Waals surface area contributed by atoms with Gasteiger partial charge in [-0.25, -0.2) is 0 Å². The summed E-state index contributed by atoms with van der Waals surface area (Å²) in [7, 11) is -0.401. The van der Waals surface area contributed by atoms with Crippen LogP contribution in [0.3, 0.4) is 0 Å². The van der Waals surface area contributed by atoms with Gasteiger partial charge in [-0.2, -0.15) is 0 Å². The Kier molecular flexibility index (Phi) is 4.03. The Morgan fingerprint density at radius 2 is 1.65 bits per heavy atom. The van der Waals surface area contributed by atoms with Crippen LogP contribution in [0.5, 0.6) is 0 Å². The average molecular weight is 261 g/mol. The van der Waals surface area contributed by atoms with Gasteiger partial charge in [0.05, 0.1) is 9.52 Å². The van der Waals surface area contributed by atoms with Gasteiger partial charge in [0.15, 0.2) is 0 Å². The third kappa shape index (κ3) is 3.21. The van der Waals surface area contributed by atoms with Crippen LogP contribution >= 0.6 is 11.6 Å². The molecule has 0 spiro atoms. The molecule has 2 aromatic carbocycles. The Morgan fingerprint density at radius 3 is 2.29 bits per heavy atom. The van der Waals surface area contributed by atoms with E-state index < -0.39 is 9.52 Å². The highest BCUT2D eigenvalue weighted by molar-refractivity contribution is 6.68. The number of hydrogen-bond acceptors (Lipinski definition) is 0. The molecule has 17 heavy (non-hydrogen) atoms. The highest BCUT2D eigenvalue weighted by Gasteiger charge is 2.03. The molecule has 0 amide bonds. The minimum Gasteiger partial charge on any atom is -0.122 e. The average Bonchev–Trinajstić information content (AvgIpc) is 2.28. The molecule has 0 aliphatic rings. The van der Waals surface area contributed by atoms with Crippen LogP contribution in [0.1, 0.15) is 16.7 Å². The molecule has 2 heteroatoms. The predicted octanol–water partition coefficient (Wildman–Crippen LogP) is 2.16. The zero-order chi connectivity index (χ0) is 12.3. The summed E-state index contributed by atoms with van der Waals surface area (Å²) in [6.07, 6.45) is 0. The van der Waals surface area contributed by atoms with E-state index in [9.17, 15) is 0 Å². The van der Waals surface area contributed by atoms with Crippen molar-refractivity contribution in [1.29, 1.82) is 0 Å². The molecule has 0 aromatic heterocycles. The van der Waals surface area contributed by atoms with E-state index in [0.29, 0.717) is 5.88 Å². The van der Waals surface area contributed by atoms with E-state index >= 15 is 0 Å². The van der Waals surface area contributed by atoms with Crippen molar-refractivity contribution in [1.82, 2.24) is 0 Å². The van der Waals surface area contributed by atoms with Gasteiger partial charge in [0, 0.05) is 5.88 Å². The maximum absolute atomic E-state index is 5.98. The van der Waals surface area contributed by atoms with Gasteiger partial charge in [-0.05, 0) is 19.4 Å². The number of aryl methyl sites for hydroxylation is 2. The van der Waals surface area contributed by atoms with Gasteiger partial charge in [-0.1, -0.05) is 64.0 Å². The van der Waals surface area contributed by atoms with Crippen molar-refractivity contribution < 1.29 is 0 Å². The Labute approximate surface area is 110 Å². The normalized spacial score (nSPS) is 11.2. The summed E-state index contributed by atoms with van der Waals surface area (Å²) in [6.45, 7) is 4.33. The minimum atomic E-state index is -0.401. The molecule has 0 aliphatic heterocycles. The molecule has 0 unspecified atom stereocenters. The Balaban J connectivity index is 2.31. The monoisotopic (exact) mass is 260 g/mol. The van der Waals surface area contributed by atoms with Crippen LogP contribution in [0.4, 0.5) is 0 Å². The predicted molar refractivity (Wildman–Crippen MR) is 79.7 cm³/mol. The van der Waals surface area contributed by atoms with Gasteiger partial charge < -0.3 is 0 Å². The van der Waals surface area contributed by atoms with Crippen LogP contribution in [-0.2, 0) is 5.88 Å². The molecule has 0 nitrogen and oxygen atoms in total. The van der Waals surface area contributed by atoms with Crippen LogP contribution < -0.4 is 10.4 Å². The van der Waals surface area contributed by atoms with Gasteiger partial charge >= 0.3 is 0 Å². The van der Waals surface area contributed by atoms with Gasteiger partial charge in [-0.3, -0.25) is 0 Å². The first-order valence-electron chi connectivity index (χ1n) is 5.89. The molecule has 0 fully saturated rings. The second kappa shape index (κ2) is 5.52. The van der Waals surface area contributed by atoms with Crippen LogP contribution in [-0.4, -0.2) is 9.52 Å². The fourth-order valence-corrected chi connectivity index (χ4v) is 4.68. The molecule has 0 aliphatic carbocycles. The van der Waals surface area contributed by atoms with E-state index in [1.54, 1.807) is 0 Å². The first kappa shape index (κ1) is 12.4. The fraction of sp³-hybridized carbons (Fsp3) is 0.200. The highest BCUT2D eigenvalue weighted by Crippen LogP contribution is 2.02. The summed E-state index contributed by atoms with van der Waals surface area (Å²) in [4.78, 5) is 0.